The third-order valence-corrected chi connectivity index (χ3v) is 3.24. The van der Waals surface area contributed by atoms with E-state index in [0.29, 0.717) is 35.5 Å². The van der Waals surface area contributed by atoms with Crippen molar-refractivity contribution in [3.05, 3.63) is 48.6 Å². The zero-order valence-electron chi connectivity index (χ0n) is 13.3. The zero-order valence-corrected chi connectivity index (χ0v) is 13.3. The Hall–Kier alpha value is -3.29. The van der Waals surface area contributed by atoms with E-state index in [9.17, 15) is 0 Å². The highest BCUT2D eigenvalue weighted by Crippen LogP contribution is 2.30. The van der Waals surface area contributed by atoms with Gasteiger partial charge in [0.05, 0.1) is 38.9 Å². The number of benzene rings is 1. The molecular formula is C16H17N5O3. The minimum atomic E-state index is 0.339. The van der Waals surface area contributed by atoms with E-state index in [-0.39, 0.29) is 0 Å². The Bertz CT molecular complexity index is 792. The highest BCUT2D eigenvalue weighted by atomic mass is 16.5. The molecule has 0 aliphatic rings. The van der Waals surface area contributed by atoms with Gasteiger partial charge in [0, 0.05) is 6.07 Å². The van der Waals surface area contributed by atoms with Crippen LogP contribution in [0.5, 0.6) is 11.5 Å². The predicted octanol–water partition coefficient (Wildman–Crippen LogP) is 2.84. The van der Waals surface area contributed by atoms with Gasteiger partial charge in [-0.05, 0) is 24.3 Å². The smallest absolute Gasteiger partial charge is 0.249 e. The number of methoxy groups -OCH3 is 2. The number of hydrogen-bond acceptors (Lipinski definition) is 8. The molecule has 24 heavy (non-hydrogen) atoms. The fourth-order valence-corrected chi connectivity index (χ4v) is 2.06. The van der Waals surface area contributed by atoms with Gasteiger partial charge in [-0.3, -0.25) is 0 Å². The number of rotatable bonds is 7. The second-order valence-electron chi connectivity index (χ2n) is 4.79. The molecular weight excluding hydrogens is 310 g/mol. The second kappa shape index (κ2) is 7.32. The average Bonchev–Trinajstić information content (AvgIpc) is 3.14. The lowest BCUT2D eigenvalue weighted by atomic mass is 10.2. The first-order chi connectivity index (χ1) is 11.8. The summed E-state index contributed by atoms with van der Waals surface area (Å²) in [6.45, 7) is 0.508. The highest BCUT2D eigenvalue weighted by molar-refractivity contribution is 5.65. The molecule has 8 heteroatoms. The summed E-state index contributed by atoms with van der Waals surface area (Å²) in [6.07, 6.45) is 3.16. The molecule has 8 nitrogen and oxygen atoms in total. The van der Waals surface area contributed by atoms with Crippen LogP contribution in [0.2, 0.25) is 0 Å². The third kappa shape index (κ3) is 3.72. The van der Waals surface area contributed by atoms with Gasteiger partial charge in [0.25, 0.3) is 0 Å². The molecule has 1 aromatic carbocycles. The molecule has 3 rings (SSSR count). The minimum absolute atomic E-state index is 0.339. The summed E-state index contributed by atoms with van der Waals surface area (Å²) in [7, 11) is 3.19. The quantitative estimate of drug-likeness (QED) is 0.684. The number of anilines is 3. The molecule has 0 bridgehead atoms. The molecule has 0 fully saturated rings. The van der Waals surface area contributed by atoms with Crippen LogP contribution in [0.1, 0.15) is 5.76 Å². The Labute approximate surface area is 138 Å². The van der Waals surface area contributed by atoms with E-state index in [1.807, 2.05) is 18.2 Å². The summed E-state index contributed by atoms with van der Waals surface area (Å²) >= 11 is 0. The Kier molecular flexibility index (Phi) is 4.76. The van der Waals surface area contributed by atoms with E-state index in [2.05, 4.69) is 25.8 Å². The standard InChI is InChI=1S/C16H17N5O3/c1-22-11-5-6-14(23-2)13(8-11)19-16-20-15(10-18-21-16)17-9-12-4-3-7-24-12/h3-8,10H,9H2,1-2H3,(H2,17,19,20,21). The van der Waals surface area contributed by atoms with Gasteiger partial charge in [-0.25, -0.2) is 0 Å². The monoisotopic (exact) mass is 327 g/mol. The molecule has 2 heterocycles. The summed E-state index contributed by atoms with van der Waals surface area (Å²) in [6, 6.07) is 9.11. The van der Waals surface area contributed by atoms with Crippen molar-refractivity contribution in [3.63, 3.8) is 0 Å². The third-order valence-electron chi connectivity index (χ3n) is 3.24. The van der Waals surface area contributed by atoms with Gasteiger partial charge in [0.1, 0.15) is 17.3 Å². The van der Waals surface area contributed by atoms with Gasteiger partial charge in [0.15, 0.2) is 5.82 Å². The van der Waals surface area contributed by atoms with Crippen molar-refractivity contribution in [2.75, 3.05) is 24.9 Å². The Morgan fingerprint density at radius 2 is 2.08 bits per heavy atom. The molecule has 0 saturated carbocycles. The van der Waals surface area contributed by atoms with Crippen molar-refractivity contribution in [3.8, 4) is 11.5 Å². The summed E-state index contributed by atoms with van der Waals surface area (Å²) in [5.74, 6) is 3.06. The largest absolute Gasteiger partial charge is 0.497 e. The fraction of sp³-hybridized carbons (Fsp3) is 0.188. The number of ether oxygens (including phenoxy) is 2. The van der Waals surface area contributed by atoms with Crippen LogP contribution in [-0.4, -0.2) is 29.4 Å². The molecule has 3 aromatic rings. The van der Waals surface area contributed by atoms with Crippen molar-refractivity contribution >= 4 is 17.5 Å². The molecule has 0 amide bonds. The number of furan rings is 1. The predicted molar refractivity (Wildman–Crippen MR) is 88.7 cm³/mol. The van der Waals surface area contributed by atoms with Gasteiger partial charge in [-0.2, -0.15) is 10.1 Å². The molecule has 2 N–H and O–H groups in total. The first-order valence-electron chi connectivity index (χ1n) is 7.23. The second-order valence-corrected chi connectivity index (χ2v) is 4.79. The first-order valence-corrected chi connectivity index (χ1v) is 7.23. The number of hydrogen-bond donors (Lipinski definition) is 2. The SMILES string of the molecule is COc1ccc(OC)c(Nc2nncc(NCc3ccco3)n2)c1. The van der Waals surface area contributed by atoms with E-state index in [4.69, 9.17) is 13.9 Å². The molecule has 124 valence electrons. The van der Waals surface area contributed by atoms with Gasteiger partial charge in [0.2, 0.25) is 5.95 Å². The van der Waals surface area contributed by atoms with Gasteiger partial charge in [-0.1, -0.05) is 0 Å². The minimum Gasteiger partial charge on any atom is -0.497 e. The number of aromatic nitrogens is 3. The fourth-order valence-electron chi connectivity index (χ4n) is 2.06. The topological polar surface area (TPSA) is 94.3 Å². The van der Waals surface area contributed by atoms with Crippen molar-refractivity contribution < 1.29 is 13.9 Å². The van der Waals surface area contributed by atoms with E-state index >= 15 is 0 Å². The van der Waals surface area contributed by atoms with Gasteiger partial charge >= 0.3 is 0 Å². The van der Waals surface area contributed by atoms with Crippen LogP contribution in [0.25, 0.3) is 0 Å². The maximum Gasteiger partial charge on any atom is 0.249 e. The Morgan fingerprint density at radius 3 is 2.83 bits per heavy atom. The van der Waals surface area contributed by atoms with E-state index in [1.165, 1.54) is 6.20 Å². The molecule has 0 radical (unpaired) electrons. The molecule has 0 atom stereocenters. The molecule has 0 spiro atoms. The lowest BCUT2D eigenvalue weighted by Gasteiger charge is -2.11. The molecule has 0 aliphatic carbocycles. The Morgan fingerprint density at radius 1 is 1.17 bits per heavy atom. The maximum absolute atomic E-state index is 5.32. The molecule has 0 saturated heterocycles. The summed E-state index contributed by atoms with van der Waals surface area (Å²) < 4.78 is 15.8. The highest BCUT2D eigenvalue weighted by Gasteiger charge is 2.08. The van der Waals surface area contributed by atoms with Crippen LogP contribution in [0.4, 0.5) is 17.5 Å². The lowest BCUT2D eigenvalue weighted by molar-refractivity contribution is 0.405. The van der Waals surface area contributed by atoms with Gasteiger partial charge in [-0.15, -0.1) is 5.10 Å². The zero-order chi connectivity index (χ0) is 16.8. The van der Waals surface area contributed by atoms with Crippen LogP contribution in [0, 0.1) is 0 Å². The summed E-state index contributed by atoms with van der Waals surface area (Å²) in [5, 5.41) is 14.1. The van der Waals surface area contributed by atoms with E-state index in [1.54, 1.807) is 32.6 Å². The van der Waals surface area contributed by atoms with Crippen molar-refractivity contribution in [1.82, 2.24) is 15.2 Å². The average molecular weight is 327 g/mol. The van der Waals surface area contributed by atoms with Crippen LogP contribution < -0.4 is 20.1 Å². The number of nitrogens with zero attached hydrogens (tertiary/aromatic N) is 3. The Balaban J connectivity index is 1.74. The maximum atomic E-state index is 5.32. The van der Waals surface area contributed by atoms with Crippen LogP contribution in [-0.2, 0) is 6.54 Å². The van der Waals surface area contributed by atoms with Crippen LogP contribution >= 0.6 is 0 Å². The normalized spacial score (nSPS) is 10.2. The van der Waals surface area contributed by atoms with Crippen molar-refractivity contribution in [2.45, 2.75) is 6.54 Å². The van der Waals surface area contributed by atoms with Crippen LogP contribution in [0.15, 0.2) is 47.2 Å². The van der Waals surface area contributed by atoms with Gasteiger partial charge < -0.3 is 24.5 Å². The van der Waals surface area contributed by atoms with Crippen LogP contribution in [0.3, 0.4) is 0 Å². The lowest BCUT2D eigenvalue weighted by Crippen LogP contribution is -2.06. The molecule has 2 aromatic heterocycles. The first kappa shape index (κ1) is 15.6. The summed E-state index contributed by atoms with van der Waals surface area (Å²) in [4.78, 5) is 4.36. The number of nitrogens with one attached hydrogen (secondary N) is 2. The van der Waals surface area contributed by atoms with Crippen molar-refractivity contribution in [1.29, 1.82) is 0 Å². The summed E-state index contributed by atoms with van der Waals surface area (Å²) in [5.41, 5.74) is 0.682. The van der Waals surface area contributed by atoms with E-state index < -0.39 is 0 Å². The molecule has 0 unspecified atom stereocenters. The molecule has 0 aliphatic heterocycles. The van der Waals surface area contributed by atoms with E-state index in [0.717, 1.165) is 5.76 Å². The van der Waals surface area contributed by atoms with Crippen molar-refractivity contribution in [2.24, 2.45) is 0 Å².